The van der Waals surface area contributed by atoms with E-state index in [-0.39, 0.29) is 17.9 Å². The van der Waals surface area contributed by atoms with Crippen LogP contribution in [-0.2, 0) is 7.05 Å². The van der Waals surface area contributed by atoms with E-state index < -0.39 is 0 Å². The van der Waals surface area contributed by atoms with E-state index >= 15 is 0 Å². The number of fused-ring (bicyclic) bond motifs is 1. The van der Waals surface area contributed by atoms with Crippen LogP contribution in [0.1, 0.15) is 24.3 Å². The number of pyridine rings is 1. The quantitative estimate of drug-likeness (QED) is 0.809. The number of aryl methyl sites for hydroxylation is 1. The lowest BCUT2D eigenvalue weighted by Gasteiger charge is -2.02. The second kappa shape index (κ2) is 4.49. The lowest BCUT2D eigenvalue weighted by atomic mass is 10.1. The fraction of sp³-hybridized carbons (Fsp3) is 0.286. The minimum atomic E-state index is -0.269. The highest BCUT2D eigenvalue weighted by molar-refractivity contribution is 7.93. The van der Waals surface area contributed by atoms with E-state index in [1.54, 1.807) is 17.1 Å². The van der Waals surface area contributed by atoms with Crippen LogP contribution in [0.3, 0.4) is 0 Å². The summed E-state index contributed by atoms with van der Waals surface area (Å²) in [6, 6.07) is 1.89. The van der Waals surface area contributed by atoms with Crippen LogP contribution in [0.2, 0.25) is 0 Å². The summed E-state index contributed by atoms with van der Waals surface area (Å²) in [5.74, 6) is 0.478. The molecule has 1 aliphatic carbocycles. The largest absolute Gasteiger partial charge is 0.327 e. The topological polar surface area (TPSA) is 55.6 Å². The Morgan fingerprint density at radius 2 is 2.29 bits per heavy atom. The molecular weight excluding hydrogens is 291 g/mol. The third-order valence-electron chi connectivity index (χ3n) is 3.93. The molecule has 1 fully saturated rings. The maximum absolute atomic E-state index is 13.5. The molecule has 0 spiro atoms. The Morgan fingerprint density at radius 3 is 2.90 bits per heavy atom. The average molecular weight is 304 g/mol. The van der Waals surface area contributed by atoms with Crippen molar-refractivity contribution >= 4 is 23.2 Å². The van der Waals surface area contributed by atoms with Crippen molar-refractivity contribution in [2.75, 3.05) is 0 Å². The van der Waals surface area contributed by atoms with Crippen molar-refractivity contribution < 1.29 is 3.89 Å². The lowest BCUT2D eigenvalue weighted by molar-refractivity contribution is 0.768. The van der Waals surface area contributed by atoms with Gasteiger partial charge >= 0.3 is 0 Å². The summed E-state index contributed by atoms with van der Waals surface area (Å²) in [5, 5.41) is 4.95. The van der Waals surface area contributed by atoms with E-state index in [0.717, 1.165) is 29.4 Å². The molecule has 3 aromatic rings. The Balaban J connectivity index is 2.06. The minimum absolute atomic E-state index is 0.0503. The van der Waals surface area contributed by atoms with Gasteiger partial charge in [0.2, 0.25) is 0 Å². The molecule has 4 rings (SSSR count). The fourth-order valence-electron chi connectivity index (χ4n) is 2.78. The Morgan fingerprint density at radius 1 is 1.48 bits per heavy atom. The number of hydrogen-bond acceptors (Lipinski definition) is 3. The number of nitrogens with zero attached hydrogens (tertiary/aromatic N) is 3. The summed E-state index contributed by atoms with van der Waals surface area (Å²) in [5.41, 5.74) is 2.66. The second-order valence-electron chi connectivity index (χ2n) is 5.41. The number of aromatic nitrogens is 4. The van der Waals surface area contributed by atoms with E-state index in [2.05, 4.69) is 10.1 Å². The van der Waals surface area contributed by atoms with E-state index in [1.807, 2.05) is 19.3 Å². The lowest BCUT2D eigenvalue weighted by Crippen LogP contribution is -2.09. The van der Waals surface area contributed by atoms with Crippen LogP contribution in [0.25, 0.3) is 22.2 Å². The first-order valence-electron chi connectivity index (χ1n) is 6.74. The first-order valence-corrected chi connectivity index (χ1v) is 7.41. The van der Waals surface area contributed by atoms with Gasteiger partial charge in [0, 0.05) is 30.4 Å². The van der Waals surface area contributed by atoms with Gasteiger partial charge in [-0.25, -0.2) is 0 Å². The number of nitrogens with one attached hydrogen (secondary N) is 1. The Labute approximate surface area is 124 Å². The highest BCUT2D eigenvalue weighted by Crippen LogP contribution is 2.44. The van der Waals surface area contributed by atoms with E-state index in [0.29, 0.717) is 17.1 Å². The molecule has 3 aromatic heterocycles. The smallest absolute Gasteiger partial charge is 0.273 e. The molecule has 0 atom stereocenters. The summed E-state index contributed by atoms with van der Waals surface area (Å²) < 4.78 is 16.5. The van der Waals surface area contributed by atoms with Crippen molar-refractivity contribution in [1.29, 1.82) is 0 Å². The van der Waals surface area contributed by atoms with E-state index in [4.69, 9.17) is 0 Å². The first-order chi connectivity index (χ1) is 10.2. The van der Waals surface area contributed by atoms with Crippen LogP contribution < -0.4 is 5.56 Å². The third kappa shape index (κ3) is 1.91. The van der Waals surface area contributed by atoms with Crippen LogP contribution >= 0.6 is 12.3 Å². The second-order valence-corrected chi connectivity index (χ2v) is 5.91. The van der Waals surface area contributed by atoms with E-state index in [1.165, 1.54) is 3.97 Å². The molecule has 1 N–H and O–H groups in total. The number of H-pyrrole nitrogens is 1. The van der Waals surface area contributed by atoms with Crippen LogP contribution in [0, 0.1) is 0 Å². The molecule has 7 heteroatoms. The van der Waals surface area contributed by atoms with Gasteiger partial charge in [0.15, 0.2) is 12.3 Å². The van der Waals surface area contributed by atoms with Crippen molar-refractivity contribution in [3.8, 4) is 11.3 Å². The molecule has 1 aliphatic rings. The molecule has 1 saturated carbocycles. The summed E-state index contributed by atoms with van der Waals surface area (Å²) >= 11 is 0.0503. The van der Waals surface area contributed by atoms with Crippen molar-refractivity contribution in [3.05, 3.63) is 40.6 Å². The van der Waals surface area contributed by atoms with Gasteiger partial charge < -0.3 is 4.98 Å². The van der Waals surface area contributed by atoms with Gasteiger partial charge in [-0.2, -0.15) is 5.10 Å². The van der Waals surface area contributed by atoms with Crippen molar-refractivity contribution in [3.63, 3.8) is 0 Å². The summed E-state index contributed by atoms with van der Waals surface area (Å²) in [4.78, 5) is 14.9. The molecule has 0 radical (unpaired) electrons. The van der Waals surface area contributed by atoms with Gasteiger partial charge in [0.25, 0.3) is 5.56 Å². The van der Waals surface area contributed by atoms with Crippen LogP contribution in [0.15, 0.2) is 29.5 Å². The highest BCUT2D eigenvalue weighted by atomic mass is 32.2. The molecule has 3 heterocycles. The molecule has 0 amide bonds. The molecule has 0 unspecified atom stereocenters. The standard InChI is InChI=1S/C14H13FN4OS/c1-18-7-9(5-17-18)12-4-10-11(8-2-3-8)6-16-14(20)13(10)19(12)21-15/h4-8H,2-3H2,1H3,(H,16,20). The zero-order valence-electron chi connectivity index (χ0n) is 11.3. The van der Waals surface area contributed by atoms with Gasteiger partial charge in [0.05, 0.1) is 11.9 Å². The summed E-state index contributed by atoms with van der Waals surface area (Å²) in [6.07, 6.45) is 7.50. The van der Waals surface area contributed by atoms with Crippen LogP contribution in [0.4, 0.5) is 3.89 Å². The number of hydrogen-bond donors (Lipinski definition) is 1. The molecule has 5 nitrogen and oxygen atoms in total. The Bertz CT molecular complexity index is 890. The zero-order valence-corrected chi connectivity index (χ0v) is 12.2. The number of aromatic amines is 1. The van der Waals surface area contributed by atoms with Gasteiger partial charge in [-0.05, 0) is 30.4 Å². The van der Waals surface area contributed by atoms with E-state index in [9.17, 15) is 8.68 Å². The third-order valence-corrected chi connectivity index (χ3v) is 4.45. The number of halogens is 1. The predicted octanol–water partition coefficient (Wildman–Crippen LogP) is 2.99. The Kier molecular flexibility index (Phi) is 2.72. The monoisotopic (exact) mass is 304 g/mol. The molecule has 0 aliphatic heterocycles. The average Bonchev–Trinajstić information content (AvgIpc) is 3.09. The summed E-state index contributed by atoms with van der Waals surface area (Å²) in [7, 11) is 1.81. The Hall–Kier alpha value is -2.02. The zero-order chi connectivity index (χ0) is 14.6. The highest BCUT2D eigenvalue weighted by Gasteiger charge is 2.28. The maximum Gasteiger partial charge on any atom is 0.273 e. The first kappa shape index (κ1) is 12.7. The molecule has 108 valence electrons. The van der Waals surface area contributed by atoms with Gasteiger partial charge in [-0.1, -0.05) is 0 Å². The molecule has 0 aromatic carbocycles. The molecule has 0 bridgehead atoms. The minimum Gasteiger partial charge on any atom is -0.327 e. The molecule has 21 heavy (non-hydrogen) atoms. The molecule has 0 saturated heterocycles. The van der Waals surface area contributed by atoms with Crippen molar-refractivity contribution in [2.24, 2.45) is 7.05 Å². The van der Waals surface area contributed by atoms with Gasteiger partial charge in [-0.3, -0.25) is 13.4 Å². The fourth-order valence-corrected chi connectivity index (χ4v) is 3.26. The predicted molar refractivity (Wildman–Crippen MR) is 80.8 cm³/mol. The van der Waals surface area contributed by atoms with Crippen LogP contribution in [0.5, 0.6) is 0 Å². The van der Waals surface area contributed by atoms with Gasteiger partial charge in [0.1, 0.15) is 5.52 Å². The SMILES string of the molecule is Cn1cc(-c2cc3c(C4CC4)c[nH]c(=O)c3n2SF)cn1. The van der Waals surface area contributed by atoms with Crippen LogP contribution in [-0.4, -0.2) is 18.7 Å². The normalized spacial score (nSPS) is 15.0. The van der Waals surface area contributed by atoms with Crippen molar-refractivity contribution in [1.82, 2.24) is 18.7 Å². The van der Waals surface area contributed by atoms with Gasteiger partial charge in [-0.15, -0.1) is 3.89 Å². The number of rotatable bonds is 3. The maximum atomic E-state index is 13.5. The summed E-state index contributed by atoms with van der Waals surface area (Å²) in [6.45, 7) is 0. The van der Waals surface area contributed by atoms with Crippen molar-refractivity contribution in [2.45, 2.75) is 18.8 Å². The molecular formula is C14H13FN4OS.